The first-order chi connectivity index (χ1) is 11.0. The van der Waals surface area contributed by atoms with Crippen molar-refractivity contribution >= 4 is 21.6 Å². The van der Waals surface area contributed by atoms with Gasteiger partial charge in [-0.2, -0.15) is 5.10 Å². The third-order valence-electron chi connectivity index (χ3n) is 3.21. The van der Waals surface area contributed by atoms with E-state index in [9.17, 15) is 18.9 Å². The predicted octanol–water partition coefficient (Wildman–Crippen LogP) is 4.49. The first-order valence-electron chi connectivity index (χ1n) is 6.42. The van der Waals surface area contributed by atoms with Gasteiger partial charge in [0.2, 0.25) is 0 Å². The molecule has 1 heterocycles. The number of nitro groups is 1. The number of benzene rings is 2. The SMILES string of the molecule is O=[N+]([O-])c1ccccc1-c1ccnn1-c1c(F)cc(F)cc1Br. The van der Waals surface area contributed by atoms with Gasteiger partial charge < -0.3 is 0 Å². The maximum atomic E-state index is 14.2. The molecule has 1 aromatic heterocycles. The van der Waals surface area contributed by atoms with Crippen molar-refractivity contribution in [2.45, 2.75) is 0 Å². The van der Waals surface area contributed by atoms with E-state index >= 15 is 0 Å². The zero-order valence-electron chi connectivity index (χ0n) is 11.4. The Morgan fingerprint density at radius 1 is 1.17 bits per heavy atom. The van der Waals surface area contributed by atoms with E-state index in [-0.39, 0.29) is 21.4 Å². The lowest BCUT2D eigenvalue weighted by Gasteiger charge is -2.11. The summed E-state index contributed by atoms with van der Waals surface area (Å²) < 4.78 is 28.8. The van der Waals surface area contributed by atoms with Crippen molar-refractivity contribution < 1.29 is 13.7 Å². The van der Waals surface area contributed by atoms with Gasteiger partial charge in [0.15, 0.2) is 5.82 Å². The summed E-state index contributed by atoms with van der Waals surface area (Å²) in [7, 11) is 0. The molecule has 0 aliphatic rings. The van der Waals surface area contributed by atoms with Gasteiger partial charge >= 0.3 is 0 Å². The topological polar surface area (TPSA) is 61.0 Å². The number of aromatic nitrogens is 2. The van der Waals surface area contributed by atoms with E-state index in [4.69, 9.17) is 0 Å². The fourth-order valence-electron chi connectivity index (χ4n) is 2.27. The van der Waals surface area contributed by atoms with Gasteiger partial charge in [-0.15, -0.1) is 0 Å². The van der Waals surface area contributed by atoms with Crippen LogP contribution in [0.15, 0.2) is 53.1 Å². The normalized spacial score (nSPS) is 10.7. The van der Waals surface area contributed by atoms with Crippen molar-refractivity contribution in [1.29, 1.82) is 0 Å². The molecule has 0 radical (unpaired) electrons. The highest BCUT2D eigenvalue weighted by molar-refractivity contribution is 9.10. The van der Waals surface area contributed by atoms with Gasteiger partial charge in [-0.25, -0.2) is 13.5 Å². The summed E-state index contributed by atoms with van der Waals surface area (Å²) in [5, 5.41) is 15.2. The third-order valence-corrected chi connectivity index (χ3v) is 3.82. The zero-order chi connectivity index (χ0) is 16.6. The van der Waals surface area contributed by atoms with Gasteiger partial charge in [0, 0.05) is 16.6 Å². The molecule has 0 saturated carbocycles. The molecule has 0 spiro atoms. The van der Waals surface area contributed by atoms with Crippen LogP contribution in [0.1, 0.15) is 0 Å². The van der Waals surface area contributed by atoms with Crippen LogP contribution in [-0.4, -0.2) is 14.7 Å². The summed E-state index contributed by atoms with van der Waals surface area (Å²) in [6, 6.07) is 9.42. The monoisotopic (exact) mass is 379 g/mol. The maximum absolute atomic E-state index is 14.2. The Bertz CT molecular complexity index is 888. The number of halogens is 3. The highest BCUT2D eigenvalue weighted by Gasteiger charge is 2.21. The number of nitrogens with zero attached hydrogens (tertiary/aromatic N) is 3. The largest absolute Gasteiger partial charge is 0.278 e. The van der Waals surface area contributed by atoms with Crippen molar-refractivity contribution in [3.05, 3.63) is 74.9 Å². The molecule has 0 bridgehead atoms. The Hall–Kier alpha value is -2.61. The Morgan fingerprint density at radius 3 is 2.61 bits per heavy atom. The van der Waals surface area contributed by atoms with Gasteiger partial charge in [0.1, 0.15) is 11.5 Å². The van der Waals surface area contributed by atoms with Crippen LogP contribution in [0.25, 0.3) is 16.9 Å². The van der Waals surface area contributed by atoms with E-state index in [1.165, 1.54) is 29.1 Å². The molecule has 0 aliphatic carbocycles. The fraction of sp³-hybridized carbons (Fsp3) is 0. The van der Waals surface area contributed by atoms with Crippen LogP contribution in [-0.2, 0) is 0 Å². The molecule has 3 rings (SSSR count). The second-order valence-corrected chi connectivity index (χ2v) is 5.47. The van der Waals surface area contributed by atoms with Crippen molar-refractivity contribution in [2.24, 2.45) is 0 Å². The third kappa shape index (κ3) is 2.72. The summed E-state index contributed by atoms with van der Waals surface area (Å²) in [4.78, 5) is 10.7. The van der Waals surface area contributed by atoms with E-state index in [2.05, 4.69) is 21.0 Å². The van der Waals surface area contributed by atoms with Crippen LogP contribution in [0, 0.1) is 21.7 Å². The van der Waals surface area contributed by atoms with Gasteiger partial charge in [-0.3, -0.25) is 10.1 Å². The molecule has 0 atom stereocenters. The van der Waals surface area contributed by atoms with E-state index in [1.807, 2.05) is 0 Å². The Labute approximate surface area is 137 Å². The molecule has 23 heavy (non-hydrogen) atoms. The standard InChI is InChI=1S/C15H8BrF2N3O2/c16-11-7-9(17)8-12(18)15(11)20-13(5-6-19-20)10-3-1-2-4-14(10)21(22)23/h1-8H. The molecular formula is C15H8BrF2N3O2. The van der Waals surface area contributed by atoms with Crippen LogP contribution >= 0.6 is 15.9 Å². The molecule has 116 valence electrons. The molecule has 0 saturated heterocycles. The molecule has 0 amide bonds. The van der Waals surface area contributed by atoms with Crippen molar-refractivity contribution in [2.75, 3.05) is 0 Å². The molecule has 0 N–H and O–H groups in total. The summed E-state index contributed by atoms with van der Waals surface area (Å²) in [5.41, 5.74) is 0.451. The van der Waals surface area contributed by atoms with Gasteiger partial charge in [0.25, 0.3) is 5.69 Å². The van der Waals surface area contributed by atoms with Crippen LogP contribution in [0.2, 0.25) is 0 Å². The van der Waals surface area contributed by atoms with Crippen LogP contribution in [0.3, 0.4) is 0 Å². The molecular weight excluding hydrogens is 372 g/mol. The lowest BCUT2D eigenvalue weighted by Crippen LogP contribution is -2.05. The van der Waals surface area contributed by atoms with Crippen LogP contribution < -0.4 is 0 Å². The second-order valence-electron chi connectivity index (χ2n) is 4.62. The first-order valence-corrected chi connectivity index (χ1v) is 7.21. The smallest absolute Gasteiger partial charge is 0.258 e. The van der Waals surface area contributed by atoms with Crippen LogP contribution in [0.5, 0.6) is 0 Å². The second kappa shape index (κ2) is 5.88. The molecule has 3 aromatic rings. The lowest BCUT2D eigenvalue weighted by molar-refractivity contribution is -0.384. The van der Waals surface area contributed by atoms with Crippen molar-refractivity contribution in [3.8, 4) is 16.9 Å². The van der Waals surface area contributed by atoms with E-state index in [0.29, 0.717) is 5.69 Å². The summed E-state index contributed by atoms with van der Waals surface area (Å²) in [6.45, 7) is 0. The van der Waals surface area contributed by atoms with Gasteiger partial charge in [0.05, 0.1) is 22.4 Å². The van der Waals surface area contributed by atoms with Crippen molar-refractivity contribution in [1.82, 2.24) is 9.78 Å². The molecule has 8 heteroatoms. The first kappa shape index (κ1) is 15.3. The molecule has 0 fully saturated rings. The summed E-state index contributed by atoms with van der Waals surface area (Å²) >= 11 is 3.10. The van der Waals surface area contributed by atoms with Crippen molar-refractivity contribution in [3.63, 3.8) is 0 Å². The minimum absolute atomic E-state index is 0.0236. The highest BCUT2D eigenvalue weighted by atomic mass is 79.9. The number of hydrogen-bond donors (Lipinski definition) is 0. The molecule has 2 aromatic carbocycles. The fourth-order valence-corrected chi connectivity index (χ4v) is 2.85. The van der Waals surface area contributed by atoms with E-state index in [1.54, 1.807) is 12.1 Å². The number of hydrogen-bond acceptors (Lipinski definition) is 3. The number of para-hydroxylation sites is 1. The molecule has 5 nitrogen and oxygen atoms in total. The average Bonchev–Trinajstić information content (AvgIpc) is 2.95. The minimum Gasteiger partial charge on any atom is -0.258 e. The Kier molecular flexibility index (Phi) is 3.91. The minimum atomic E-state index is -0.833. The summed E-state index contributed by atoms with van der Waals surface area (Å²) in [6.07, 6.45) is 1.39. The highest BCUT2D eigenvalue weighted by Crippen LogP contribution is 2.33. The van der Waals surface area contributed by atoms with E-state index in [0.717, 1.165) is 12.1 Å². The average molecular weight is 380 g/mol. The zero-order valence-corrected chi connectivity index (χ0v) is 13.0. The van der Waals surface area contributed by atoms with E-state index < -0.39 is 16.6 Å². The number of nitro benzene ring substituents is 1. The van der Waals surface area contributed by atoms with Gasteiger partial charge in [-0.05, 0) is 34.1 Å². The number of rotatable bonds is 3. The predicted molar refractivity (Wildman–Crippen MR) is 83.3 cm³/mol. The Balaban J connectivity index is 2.25. The Morgan fingerprint density at radius 2 is 1.91 bits per heavy atom. The van der Waals surface area contributed by atoms with Crippen LogP contribution in [0.4, 0.5) is 14.5 Å². The molecule has 0 aliphatic heterocycles. The van der Waals surface area contributed by atoms with Gasteiger partial charge in [-0.1, -0.05) is 12.1 Å². The molecule has 0 unspecified atom stereocenters. The quantitative estimate of drug-likeness (QED) is 0.497. The lowest BCUT2D eigenvalue weighted by atomic mass is 10.1. The summed E-state index contributed by atoms with van der Waals surface area (Å²) in [5.74, 6) is -1.57. The maximum Gasteiger partial charge on any atom is 0.278 e.